The number of carbonyl (C=O) groups is 1. The molecule has 0 unspecified atom stereocenters. The highest BCUT2D eigenvalue weighted by atomic mass is 32.2. The third-order valence-electron chi connectivity index (χ3n) is 3.84. The van der Waals surface area contributed by atoms with E-state index in [1.807, 2.05) is 6.92 Å². The van der Waals surface area contributed by atoms with Crippen LogP contribution in [0.3, 0.4) is 0 Å². The molecule has 0 saturated carbocycles. The number of ketones is 1. The van der Waals surface area contributed by atoms with Gasteiger partial charge >= 0.3 is 11.9 Å². The van der Waals surface area contributed by atoms with E-state index in [9.17, 15) is 27.6 Å². The van der Waals surface area contributed by atoms with Crippen LogP contribution < -0.4 is 17.0 Å². The third kappa shape index (κ3) is 4.44. The number of hydrogen-bond donors (Lipinski definition) is 1. The van der Waals surface area contributed by atoms with Gasteiger partial charge in [-0.05, 0) is 24.6 Å². The van der Waals surface area contributed by atoms with Gasteiger partial charge < -0.3 is 5.73 Å². The van der Waals surface area contributed by atoms with E-state index in [4.69, 9.17) is 5.73 Å². The Kier molecular flexibility index (Phi) is 6.19. The van der Waals surface area contributed by atoms with Gasteiger partial charge in [0.25, 0.3) is 5.56 Å². The summed E-state index contributed by atoms with van der Waals surface area (Å²) in [7, 11) is 1.24. The number of Topliss-reactive ketones (excluding diaryl/α,β-unsaturated/α-hetero) is 1. The second-order valence-corrected chi connectivity index (χ2v) is 6.84. The number of nitrogens with two attached hydrogens (primary N) is 1. The fourth-order valence-corrected chi connectivity index (χ4v) is 3.30. The number of nitrogens with zero attached hydrogens (tertiary/aromatic N) is 2. The van der Waals surface area contributed by atoms with E-state index in [0.717, 1.165) is 33.0 Å². The van der Waals surface area contributed by atoms with E-state index in [2.05, 4.69) is 0 Å². The Morgan fingerprint density at radius 1 is 1.26 bits per heavy atom. The zero-order chi connectivity index (χ0) is 20.4. The molecule has 146 valence electrons. The van der Waals surface area contributed by atoms with Gasteiger partial charge in [-0.15, -0.1) is 11.8 Å². The molecule has 2 N–H and O–H groups in total. The summed E-state index contributed by atoms with van der Waals surface area (Å²) in [4.78, 5) is 37.1. The van der Waals surface area contributed by atoms with Gasteiger partial charge in [0.2, 0.25) is 0 Å². The van der Waals surface area contributed by atoms with Gasteiger partial charge in [-0.3, -0.25) is 18.7 Å². The monoisotopic (exact) mass is 401 g/mol. The molecule has 1 heterocycles. The van der Waals surface area contributed by atoms with E-state index < -0.39 is 28.8 Å². The maximum atomic E-state index is 12.8. The molecule has 0 saturated heterocycles. The normalized spacial score (nSPS) is 11.6. The molecule has 0 aliphatic heterocycles. The fraction of sp³-hybridized carbons (Fsp3) is 0.353. The Morgan fingerprint density at radius 3 is 2.52 bits per heavy atom. The quantitative estimate of drug-likeness (QED) is 0.594. The largest absolute Gasteiger partial charge is 0.416 e. The lowest BCUT2D eigenvalue weighted by atomic mass is 10.2. The number of carbonyl (C=O) groups excluding carboxylic acids is 1. The number of alkyl halides is 3. The van der Waals surface area contributed by atoms with Crippen LogP contribution in [0.25, 0.3) is 0 Å². The molecule has 6 nitrogen and oxygen atoms in total. The van der Waals surface area contributed by atoms with Crippen molar-refractivity contribution >= 4 is 23.4 Å². The van der Waals surface area contributed by atoms with Crippen LogP contribution in [-0.4, -0.2) is 20.7 Å². The maximum absolute atomic E-state index is 12.8. The first-order chi connectivity index (χ1) is 12.6. The minimum atomic E-state index is -4.49. The summed E-state index contributed by atoms with van der Waals surface area (Å²) >= 11 is 0.860. The van der Waals surface area contributed by atoms with E-state index >= 15 is 0 Å². The molecule has 0 fully saturated rings. The van der Waals surface area contributed by atoms with Crippen molar-refractivity contribution in [1.29, 1.82) is 0 Å². The van der Waals surface area contributed by atoms with Gasteiger partial charge in [0, 0.05) is 18.5 Å². The lowest BCUT2D eigenvalue weighted by molar-refractivity contribution is -0.137. The van der Waals surface area contributed by atoms with E-state index in [-0.39, 0.29) is 28.6 Å². The summed E-state index contributed by atoms with van der Waals surface area (Å²) in [5.74, 6) is -1.16. The van der Waals surface area contributed by atoms with Crippen molar-refractivity contribution in [3.05, 3.63) is 56.2 Å². The second kappa shape index (κ2) is 8.03. The number of aromatic nitrogens is 2. The van der Waals surface area contributed by atoms with Crippen LogP contribution in [0.4, 0.5) is 19.0 Å². The highest BCUT2D eigenvalue weighted by molar-refractivity contribution is 8.00. The van der Waals surface area contributed by atoms with Gasteiger partial charge in [-0.25, -0.2) is 4.79 Å². The number of nitrogen functional groups attached to an aromatic ring is 1. The summed E-state index contributed by atoms with van der Waals surface area (Å²) < 4.78 is 40.2. The molecule has 27 heavy (non-hydrogen) atoms. The lowest BCUT2D eigenvalue weighted by Gasteiger charge is -2.14. The molecule has 0 aliphatic rings. The van der Waals surface area contributed by atoms with Crippen molar-refractivity contribution in [2.75, 3.05) is 11.5 Å². The Morgan fingerprint density at radius 2 is 1.93 bits per heavy atom. The summed E-state index contributed by atoms with van der Waals surface area (Å²) in [5, 5.41) is 0. The van der Waals surface area contributed by atoms with Crippen LogP contribution in [0.5, 0.6) is 0 Å². The first-order valence-corrected chi connectivity index (χ1v) is 8.99. The Balaban J connectivity index is 2.32. The Hall–Kier alpha value is -2.49. The highest BCUT2D eigenvalue weighted by Gasteiger charge is 2.30. The zero-order valence-corrected chi connectivity index (χ0v) is 15.5. The number of anilines is 1. The summed E-state index contributed by atoms with van der Waals surface area (Å²) in [5.41, 5.74) is 3.26. The SMILES string of the molecule is CCCn1c(N)c(C(=O)CSc2cccc(C(F)(F)F)c2)c(=O)n(C)c1=O. The molecule has 2 rings (SSSR count). The van der Waals surface area contributed by atoms with Gasteiger partial charge in [-0.1, -0.05) is 13.0 Å². The summed E-state index contributed by atoms with van der Waals surface area (Å²) in [6.45, 7) is 2.04. The van der Waals surface area contributed by atoms with E-state index in [1.54, 1.807) is 0 Å². The maximum Gasteiger partial charge on any atom is 0.416 e. The molecule has 0 atom stereocenters. The van der Waals surface area contributed by atoms with Gasteiger partial charge in [-0.2, -0.15) is 13.2 Å². The third-order valence-corrected chi connectivity index (χ3v) is 4.83. The first-order valence-electron chi connectivity index (χ1n) is 8.00. The Labute approximate surface area is 156 Å². The number of hydrogen-bond acceptors (Lipinski definition) is 5. The van der Waals surface area contributed by atoms with Crippen LogP contribution in [0.15, 0.2) is 38.8 Å². The predicted molar refractivity (Wildman–Crippen MR) is 97.1 cm³/mol. The molecule has 2 aromatic rings. The molecule has 1 aromatic heterocycles. The molecule has 10 heteroatoms. The molecular formula is C17H18F3N3O3S. The number of thioether (sulfide) groups is 1. The smallest absolute Gasteiger partial charge is 0.384 e. The van der Waals surface area contributed by atoms with Crippen LogP contribution in [0.2, 0.25) is 0 Å². The molecule has 0 aliphatic carbocycles. The van der Waals surface area contributed by atoms with E-state index in [1.165, 1.54) is 19.2 Å². The minimum absolute atomic E-state index is 0.223. The van der Waals surface area contributed by atoms with Gasteiger partial charge in [0.1, 0.15) is 11.4 Å². The minimum Gasteiger partial charge on any atom is -0.384 e. The van der Waals surface area contributed by atoms with Crippen LogP contribution >= 0.6 is 11.8 Å². The molecule has 0 bridgehead atoms. The van der Waals surface area contributed by atoms with E-state index in [0.29, 0.717) is 6.42 Å². The molecule has 0 spiro atoms. The predicted octanol–water partition coefficient (Wildman–Crippen LogP) is 2.53. The van der Waals surface area contributed by atoms with Crippen LogP contribution in [-0.2, 0) is 19.8 Å². The molecule has 1 aromatic carbocycles. The summed E-state index contributed by atoms with van der Waals surface area (Å²) in [6.07, 6.45) is -3.93. The molecule has 0 amide bonds. The van der Waals surface area contributed by atoms with Crippen molar-refractivity contribution in [1.82, 2.24) is 9.13 Å². The van der Waals surface area contributed by atoms with Crippen molar-refractivity contribution in [3.8, 4) is 0 Å². The van der Waals surface area contributed by atoms with Crippen LogP contribution in [0.1, 0.15) is 29.3 Å². The average molecular weight is 401 g/mol. The Bertz CT molecular complexity index is 980. The topological polar surface area (TPSA) is 87.1 Å². The van der Waals surface area contributed by atoms with Crippen molar-refractivity contribution in [3.63, 3.8) is 0 Å². The first kappa shape index (κ1) is 20.8. The molecule has 0 radical (unpaired) electrons. The van der Waals surface area contributed by atoms with Crippen molar-refractivity contribution < 1.29 is 18.0 Å². The summed E-state index contributed by atoms with van der Waals surface area (Å²) in [6, 6.07) is 4.54. The zero-order valence-electron chi connectivity index (χ0n) is 14.7. The standard InChI is InChI=1S/C17H18F3N3O3S/c1-3-7-23-14(21)13(15(25)22(2)16(23)26)12(24)9-27-11-6-4-5-10(8-11)17(18,19)20/h4-6,8H,3,7,9,21H2,1-2H3. The van der Waals surface area contributed by atoms with Crippen LogP contribution in [0, 0.1) is 0 Å². The average Bonchev–Trinajstić information content (AvgIpc) is 2.61. The number of halogens is 3. The fourth-order valence-electron chi connectivity index (χ4n) is 2.47. The van der Waals surface area contributed by atoms with Crippen molar-refractivity contribution in [2.45, 2.75) is 31.0 Å². The number of rotatable bonds is 6. The highest BCUT2D eigenvalue weighted by Crippen LogP contribution is 2.32. The lowest BCUT2D eigenvalue weighted by Crippen LogP contribution is -2.42. The van der Waals surface area contributed by atoms with Gasteiger partial charge in [0.15, 0.2) is 5.78 Å². The van der Waals surface area contributed by atoms with Gasteiger partial charge in [0.05, 0.1) is 11.3 Å². The number of benzene rings is 1. The second-order valence-electron chi connectivity index (χ2n) is 5.80. The van der Waals surface area contributed by atoms with Crippen molar-refractivity contribution in [2.24, 2.45) is 7.05 Å². The molecular weight excluding hydrogens is 383 g/mol.